The Morgan fingerprint density at radius 3 is 3.00 bits per heavy atom. The van der Waals surface area contributed by atoms with Crippen molar-refractivity contribution in [2.45, 2.75) is 5.25 Å². The Balaban J connectivity index is 1.85. The summed E-state index contributed by atoms with van der Waals surface area (Å²) in [7, 11) is 0. The molecule has 0 saturated carbocycles. The van der Waals surface area contributed by atoms with Gasteiger partial charge in [0.2, 0.25) is 0 Å². The van der Waals surface area contributed by atoms with Gasteiger partial charge in [-0.15, -0.1) is 11.8 Å². The molecule has 2 aromatic rings. The van der Waals surface area contributed by atoms with Crippen molar-refractivity contribution < 1.29 is 8.91 Å². The third kappa shape index (κ3) is 2.71. The molecule has 0 aliphatic carbocycles. The molecule has 1 fully saturated rings. The Kier molecular flexibility index (Phi) is 3.65. The average Bonchev–Trinajstić information content (AvgIpc) is 2.93. The standard InChI is InChI=1S/C12H12FN3OS2/c13-8-5-7(1-2-9(8)14)12-15-11(16-17-12)10-6-18-3-4-19-10/h1-2,5,10H,3-4,6,14H2. The van der Waals surface area contributed by atoms with E-state index < -0.39 is 5.82 Å². The largest absolute Gasteiger partial charge is 0.396 e. The molecule has 0 amide bonds. The molecule has 3 rings (SSSR count). The highest BCUT2D eigenvalue weighted by molar-refractivity contribution is 8.06. The van der Waals surface area contributed by atoms with Crippen molar-refractivity contribution in [2.24, 2.45) is 0 Å². The number of nitrogen functional groups attached to an aromatic ring is 1. The zero-order valence-corrected chi connectivity index (χ0v) is 11.6. The molecule has 1 aromatic carbocycles. The van der Waals surface area contributed by atoms with E-state index in [9.17, 15) is 4.39 Å². The van der Waals surface area contributed by atoms with Gasteiger partial charge >= 0.3 is 0 Å². The molecule has 1 aromatic heterocycles. The fraction of sp³-hybridized carbons (Fsp3) is 0.333. The molecule has 2 heterocycles. The second-order valence-electron chi connectivity index (χ2n) is 4.13. The summed E-state index contributed by atoms with van der Waals surface area (Å²) in [5, 5.41) is 4.25. The predicted molar refractivity (Wildman–Crippen MR) is 76.6 cm³/mol. The van der Waals surface area contributed by atoms with Crippen LogP contribution in [0.5, 0.6) is 0 Å². The second kappa shape index (κ2) is 5.42. The minimum Gasteiger partial charge on any atom is -0.396 e. The normalized spacial score (nSPS) is 19.5. The van der Waals surface area contributed by atoms with Gasteiger partial charge in [0, 0.05) is 22.8 Å². The van der Waals surface area contributed by atoms with Crippen LogP contribution in [0.15, 0.2) is 22.7 Å². The lowest BCUT2D eigenvalue weighted by Gasteiger charge is -2.16. The van der Waals surface area contributed by atoms with E-state index in [2.05, 4.69) is 10.1 Å². The minimum absolute atomic E-state index is 0.114. The summed E-state index contributed by atoms with van der Waals surface area (Å²) in [4.78, 5) is 4.36. The van der Waals surface area contributed by atoms with Crippen molar-refractivity contribution in [1.82, 2.24) is 10.1 Å². The van der Waals surface area contributed by atoms with E-state index in [4.69, 9.17) is 10.3 Å². The first-order valence-corrected chi connectivity index (χ1v) is 8.03. The van der Waals surface area contributed by atoms with Crippen LogP contribution >= 0.6 is 23.5 Å². The van der Waals surface area contributed by atoms with E-state index in [1.165, 1.54) is 12.1 Å². The fourth-order valence-electron chi connectivity index (χ4n) is 1.78. The molecule has 1 unspecified atom stereocenters. The molecule has 19 heavy (non-hydrogen) atoms. The topological polar surface area (TPSA) is 64.9 Å². The van der Waals surface area contributed by atoms with E-state index in [1.54, 1.807) is 6.07 Å². The highest BCUT2D eigenvalue weighted by Crippen LogP contribution is 2.36. The number of hydrogen-bond donors (Lipinski definition) is 1. The van der Waals surface area contributed by atoms with Crippen LogP contribution in [0.2, 0.25) is 0 Å². The molecule has 1 aliphatic heterocycles. The summed E-state index contributed by atoms with van der Waals surface area (Å²) in [6, 6.07) is 4.49. The second-order valence-corrected chi connectivity index (χ2v) is 6.59. The molecule has 4 nitrogen and oxygen atoms in total. The lowest BCUT2D eigenvalue weighted by Crippen LogP contribution is -2.07. The van der Waals surface area contributed by atoms with Gasteiger partial charge in [-0.25, -0.2) is 4.39 Å². The molecule has 1 atom stereocenters. The lowest BCUT2D eigenvalue weighted by molar-refractivity contribution is 0.423. The van der Waals surface area contributed by atoms with Crippen LogP contribution in [0, 0.1) is 5.82 Å². The van der Waals surface area contributed by atoms with Gasteiger partial charge in [0.1, 0.15) is 5.82 Å². The van der Waals surface area contributed by atoms with Crippen LogP contribution in [-0.4, -0.2) is 27.4 Å². The van der Waals surface area contributed by atoms with E-state index in [-0.39, 0.29) is 10.9 Å². The highest BCUT2D eigenvalue weighted by atomic mass is 32.2. The summed E-state index contributed by atoms with van der Waals surface area (Å²) >= 11 is 3.72. The number of anilines is 1. The molecule has 100 valence electrons. The maximum absolute atomic E-state index is 13.4. The molecule has 7 heteroatoms. The van der Waals surface area contributed by atoms with Crippen LogP contribution in [0.3, 0.4) is 0 Å². The van der Waals surface area contributed by atoms with Crippen molar-refractivity contribution in [3.63, 3.8) is 0 Å². The minimum atomic E-state index is -0.472. The first kappa shape index (κ1) is 12.8. The molecule has 0 spiro atoms. The maximum Gasteiger partial charge on any atom is 0.258 e. The highest BCUT2D eigenvalue weighted by Gasteiger charge is 2.22. The molecular formula is C12H12FN3OS2. The number of benzene rings is 1. The lowest BCUT2D eigenvalue weighted by atomic mass is 10.2. The zero-order chi connectivity index (χ0) is 13.2. The number of hydrogen-bond acceptors (Lipinski definition) is 6. The Morgan fingerprint density at radius 2 is 2.26 bits per heavy atom. The monoisotopic (exact) mass is 297 g/mol. The molecule has 2 N–H and O–H groups in total. The smallest absolute Gasteiger partial charge is 0.258 e. The van der Waals surface area contributed by atoms with Crippen LogP contribution in [0.25, 0.3) is 11.5 Å². The van der Waals surface area contributed by atoms with Crippen molar-refractivity contribution in [3.8, 4) is 11.5 Å². The van der Waals surface area contributed by atoms with Crippen LogP contribution in [0.1, 0.15) is 11.1 Å². The van der Waals surface area contributed by atoms with Crippen molar-refractivity contribution in [1.29, 1.82) is 0 Å². The number of thioether (sulfide) groups is 2. The molecule has 1 saturated heterocycles. The van der Waals surface area contributed by atoms with E-state index in [0.717, 1.165) is 17.3 Å². The summed E-state index contributed by atoms with van der Waals surface area (Å²) in [5.41, 5.74) is 6.11. The zero-order valence-electron chi connectivity index (χ0n) is 10.0. The van der Waals surface area contributed by atoms with Crippen molar-refractivity contribution in [3.05, 3.63) is 29.8 Å². The van der Waals surface area contributed by atoms with Gasteiger partial charge in [0.25, 0.3) is 5.89 Å². The van der Waals surface area contributed by atoms with Gasteiger partial charge in [-0.2, -0.15) is 16.7 Å². The van der Waals surface area contributed by atoms with Crippen LogP contribution in [0.4, 0.5) is 10.1 Å². The SMILES string of the molecule is Nc1ccc(-c2nc(C3CSCCS3)no2)cc1F. The number of rotatable bonds is 2. The van der Waals surface area contributed by atoms with Gasteiger partial charge in [-0.1, -0.05) is 5.16 Å². The average molecular weight is 297 g/mol. The van der Waals surface area contributed by atoms with Gasteiger partial charge in [-0.05, 0) is 18.2 Å². The van der Waals surface area contributed by atoms with E-state index in [1.807, 2.05) is 23.5 Å². The van der Waals surface area contributed by atoms with Gasteiger partial charge < -0.3 is 10.3 Å². The Labute approximate surface area is 118 Å². The quantitative estimate of drug-likeness (QED) is 0.860. The molecule has 1 aliphatic rings. The molecular weight excluding hydrogens is 285 g/mol. The number of nitrogens with zero attached hydrogens (tertiary/aromatic N) is 2. The van der Waals surface area contributed by atoms with Crippen molar-refractivity contribution >= 4 is 29.2 Å². The van der Waals surface area contributed by atoms with Gasteiger partial charge in [0.05, 0.1) is 10.9 Å². The number of nitrogens with two attached hydrogens (primary N) is 1. The third-order valence-corrected chi connectivity index (χ3v) is 5.54. The molecule has 0 bridgehead atoms. The summed E-state index contributed by atoms with van der Waals surface area (Å²) < 4.78 is 18.6. The van der Waals surface area contributed by atoms with E-state index >= 15 is 0 Å². The Morgan fingerprint density at radius 1 is 1.37 bits per heavy atom. The van der Waals surface area contributed by atoms with E-state index in [0.29, 0.717) is 17.3 Å². The molecule has 0 radical (unpaired) electrons. The first-order valence-electron chi connectivity index (χ1n) is 5.82. The maximum atomic E-state index is 13.4. The number of aromatic nitrogens is 2. The Hall–Kier alpha value is -1.21. The van der Waals surface area contributed by atoms with Crippen LogP contribution in [-0.2, 0) is 0 Å². The number of halogens is 1. The first-order chi connectivity index (χ1) is 9.24. The van der Waals surface area contributed by atoms with Crippen molar-refractivity contribution in [2.75, 3.05) is 23.0 Å². The Bertz CT molecular complexity index is 584. The predicted octanol–water partition coefficient (Wildman–Crippen LogP) is 2.98. The summed E-state index contributed by atoms with van der Waals surface area (Å²) in [5.74, 6) is 3.79. The van der Waals surface area contributed by atoms with Gasteiger partial charge in [0.15, 0.2) is 5.82 Å². The summed E-state index contributed by atoms with van der Waals surface area (Å²) in [6.07, 6.45) is 0. The third-order valence-electron chi connectivity index (χ3n) is 2.79. The fourth-order valence-corrected chi connectivity index (χ4v) is 4.37. The van der Waals surface area contributed by atoms with Gasteiger partial charge in [-0.3, -0.25) is 0 Å². The summed E-state index contributed by atoms with van der Waals surface area (Å²) in [6.45, 7) is 0. The van der Waals surface area contributed by atoms with Crippen LogP contribution < -0.4 is 5.73 Å².